The lowest BCUT2D eigenvalue weighted by atomic mass is 9.99. The number of nitrogens with zero attached hydrogens (tertiary/aromatic N) is 7. The molecule has 0 radical (unpaired) electrons. The third kappa shape index (κ3) is 5.49. The molecule has 1 amide bonds. The van der Waals surface area contributed by atoms with E-state index in [1.54, 1.807) is 34.2 Å². The molecule has 5 heterocycles. The number of carbonyl (C=O) groups excluding carboxylic acids is 2. The number of hydrogen-bond donors (Lipinski definition) is 1. The van der Waals surface area contributed by atoms with Gasteiger partial charge in [0.05, 0.1) is 28.0 Å². The maximum Gasteiger partial charge on any atom is 0.268 e. The molecule has 0 aromatic carbocycles. The molecule has 5 rings (SSSR count). The Hall–Kier alpha value is -3.67. The van der Waals surface area contributed by atoms with E-state index in [1.165, 1.54) is 7.05 Å². The second-order valence-electron chi connectivity index (χ2n) is 10.1. The summed E-state index contributed by atoms with van der Waals surface area (Å²) in [5.41, 5.74) is 3.28. The van der Waals surface area contributed by atoms with Crippen LogP contribution >= 0.6 is 11.3 Å². The van der Waals surface area contributed by atoms with Crippen LogP contribution in [0.25, 0.3) is 27.5 Å². The van der Waals surface area contributed by atoms with E-state index in [0.29, 0.717) is 52.7 Å². The summed E-state index contributed by atoms with van der Waals surface area (Å²) in [6.45, 7) is 8.89. The van der Waals surface area contributed by atoms with Crippen LogP contribution in [0.15, 0.2) is 48.1 Å². The van der Waals surface area contributed by atoms with Gasteiger partial charge in [0.25, 0.3) is 5.91 Å². The predicted octanol–water partition coefficient (Wildman–Crippen LogP) is 4.64. The van der Waals surface area contributed by atoms with Gasteiger partial charge in [-0.25, -0.2) is 19.5 Å². The molecule has 1 fully saturated rings. The number of ketones is 1. The highest BCUT2D eigenvalue weighted by atomic mass is 32.1. The second-order valence-corrected chi connectivity index (χ2v) is 11.1. The average molecular weight is 562 g/mol. The number of carbonyl (C=O) groups is 2. The molecule has 1 N–H and O–H groups in total. The van der Waals surface area contributed by atoms with Gasteiger partial charge in [-0.1, -0.05) is 19.9 Å². The van der Waals surface area contributed by atoms with E-state index in [9.17, 15) is 14.8 Å². The van der Waals surface area contributed by atoms with Crippen molar-refractivity contribution in [2.75, 3.05) is 31.6 Å². The smallest absolute Gasteiger partial charge is 0.268 e. The fourth-order valence-corrected chi connectivity index (χ4v) is 5.92. The lowest BCUT2D eigenvalue weighted by Gasteiger charge is -2.41. The molecule has 4 aromatic heterocycles. The van der Waals surface area contributed by atoms with Crippen molar-refractivity contribution >= 4 is 34.5 Å². The summed E-state index contributed by atoms with van der Waals surface area (Å²) in [5, 5.41) is 16.9. The molecule has 11 heteroatoms. The Morgan fingerprint density at radius 3 is 2.62 bits per heavy atom. The van der Waals surface area contributed by atoms with Gasteiger partial charge in [-0.15, -0.1) is 11.3 Å². The summed E-state index contributed by atoms with van der Waals surface area (Å²) in [4.78, 5) is 41.1. The molecule has 0 saturated carbocycles. The van der Waals surface area contributed by atoms with E-state index in [0.717, 1.165) is 30.1 Å². The lowest BCUT2D eigenvalue weighted by Crippen LogP contribution is -2.56. The monoisotopic (exact) mass is 561 g/mol. The molecule has 210 valence electrons. The normalized spacial score (nSPS) is 15.8. The third-order valence-corrected chi connectivity index (χ3v) is 8.59. The Bertz CT molecular complexity index is 1500. The Morgan fingerprint density at radius 2 is 1.98 bits per heavy atom. The molecule has 0 unspecified atom stereocenters. The van der Waals surface area contributed by atoms with Gasteiger partial charge >= 0.3 is 0 Å². The van der Waals surface area contributed by atoms with Crippen molar-refractivity contribution in [2.45, 2.75) is 52.1 Å². The number of anilines is 1. The maximum absolute atomic E-state index is 13.5. The van der Waals surface area contributed by atoms with Crippen molar-refractivity contribution in [1.82, 2.24) is 29.5 Å². The number of aromatic nitrogens is 4. The van der Waals surface area contributed by atoms with Gasteiger partial charge in [-0.2, -0.15) is 5.10 Å². The van der Waals surface area contributed by atoms with Crippen LogP contribution in [0, 0.1) is 0 Å². The first-order chi connectivity index (χ1) is 19.3. The van der Waals surface area contributed by atoms with Gasteiger partial charge in [-0.05, 0) is 62.5 Å². The van der Waals surface area contributed by atoms with E-state index in [-0.39, 0.29) is 11.8 Å². The van der Waals surface area contributed by atoms with Crippen molar-refractivity contribution < 1.29 is 14.8 Å². The molecule has 1 saturated heterocycles. The fourth-order valence-electron chi connectivity index (χ4n) is 5.22. The summed E-state index contributed by atoms with van der Waals surface area (Å²) in [5.74, 6) is 0.144. The number of pyridine rings is 1. The van der Waals surface area contributed by atoms with Crippen molar-refractivity contribution in [3.8, 4) is 21.8 Å². The molecule has 0 aliphatic carbocycles. The molecular formula is C29H35N7O3S. The first kappa shape index (κ1) is 27.9. The van der Waals surface area contributed by atoms with Gasteiger partial charge in [0.1, 0.15) is 11.9 Å². The summed E-state index contributed by atoms with van der Waals surface area (Å²) >= 11 is 1.61. The van der Waals surface area contributed by atoms with Gasteiger partial charge in [0.15, 0.2) is 11.4 Å². The van der Waals surface area contributed by atoms with Gasteiger partial charge in [0.2, 0.25) is 0 Å². The van der Waals surface area contributed by atoms with Crippen molar-refractivity contribution in [2.24, 2.45) is 0 Å². The predicted molar refractivity (Wildman–Crippen MR) is 156 cm³/mol. The molecule has 2 atom stereocenters. The molecular weight excluding hydrogens is 526 g/mol. The highest BCUT2D eigenvalue weighted by molar-refractivity contribution is 7.13. The third-order valence-electron chi connectivity index (χ3n) is 7.70. The van der Waals surface area contributed by atoms with Crippen molar-refractivity contribution in [3.05, 3.63) is 53.7 Å². The highest BCUT2D eigenvalue weighted by Crippen LogP contribution is 2.32. The highest BCUT2D eigenvalue weighted by Gasteiger charge is 2.37. The second kappa shape index (κ2) is 11.8. The maximum atomic E-state index is 13.5. The molecule has 4 aromatic rings. The quantitative estimate of drug-likeness (QED) is 0.160. The van der Waals surface area contributed by atoms with Crippen molar-refractivity contribution in [3.63, 3.8) is 0 Å². The van der Waals surface area contributed by atoms with Gasteiger partial charge < -0.3 is 9.80 Å². The first-order valence-corrected chi connectivity index (χ1v) is 14.6. The zero-order chi connectivity index (χ0) is 28.4. The van der Waals surface area contributed by atoms with E-state index < -0.39 is 11.9 Å². The summed E-state index contributed by atoms with van der Waals surface area (Å²) in [6.07, 6.45) is 5.33. The minimum Gasteiger partial charge on any atom is -0.344 e. The number of hydroxylamine groups is 2. The van der Waals surface area contributed by atoms with Crippen LogP contribution < -0.4 is 4.90 Å². The molecule has 10 nitrogen and oxygen atoms in total. The number of hydrogen-bond acceptors (Lipinski definition) is 9. The number of likely N-dealkylation sites (N-methyl/N-ethyl adjacent to an activating group) is 1. The van der Waals surface area contributed by atoms with Crippen LogP contribution in [0.1, 0.15) is 50.4 Å². The van der Waals surface area contributed by atoms with Gasteiger partial charge in [-0.3, -0.25) is 14.8 Å². The number of fused-ring (bicyclic) bond motifs is 1. The standard InChI is InChI=1S/C29H35N7O3S/c1-5-34(6-2)19(3)9-10-25(37)20-16-23(31-27(17-20)35-13-12-24(35)29(38)33(4)39)21-18-30-36-14-11-22(32-28(21)36)26-8-7-15-40-26/h7-8,11,14-19,24,39H,5-6,9-10,12-13H2,1-4H3/t19-,24-/m0/s1. The molecule has 40 heavy (non-hydrogen) atoms. The van der Waals surface area contributed by atoms with Gasteiger partial charge in [0, 0.05) is 37.8 Å². The summed E-state index contributed by atoms with van der Waals surface area (Å²) < 4.78 is 1.70. The zero-order valence-electron chi connectivity index (χ0n) is 23.3. The summed E-state index contributed by atoms with van der Waals surface area (Å²) in [6, 6.07) is 9.26. The molecule has 1 aliphatic rings. The SMILES string of the molecule is CCN(CC)[C@@H](C)CCC(=O)c1cc(-c2cnn3ccc(-c4cccs4)nc23)nc(N2CC[C@H]2C(=O)N(C)O)c1. The minimum absolute atomic E-state index is 0.0234. The Kier molecular flexibility index (Phi) is 8.24. The van der Waals surface area contributed by atoms with Crippen LogP contribution in [0.5, 0.6) is 0 Å². The van der Waals surface area contributed by atoms with E-state index in [4.69, 9.17) is 9.97 Å². The van der Waals surface area contributed by atoms with E-state index in [1.807, 2.05) is 34.7 Å². The number of Topliss-reactive ketones (excluding diaryl/α,β-unsaturated/α-hetero) is 1. The van der Waals surface area contributed by atoms with Crippen molar-refractivity contribution in [1.29, 1.82) is 0 Å². The van der Waals surface area contributed by atoms with Crippen LogP contribution in [0.2, 0.25) is 0 Å². The minimum atomic E-state index is -0.532. The Morgan fingerprint density at radius 1 is 1.18 bits per heavy atom. The average Bonchev–Trinajstić information content (AvgIpc) is 3.61. The molecule has 0 bridgehead atoms. The Labute approximate surface area is 237 Å². The van der Waals surface area contributed by atoms with Crippen LogP contribution in [-0.2, 0) is 4.79 Å². The molecule has 1 aliphatic heterocycles. The van der Waals surface area contributed by atoms with E-state index in [2.05, 4.69) is 30.8 Å². The van der Waals surface area contributed by atoms with Crippen LogP contribution in [0.3, 0.4) is 0 Å². The number of thiophene rings is 1. The number of rotatable bonds is 11. The first-order valence-electron chi connectivity index (χ1n) is 13.7. The fraction of sp³-hybridized carbons (Fsp3) is 0.414. The zero-order valence-corrected chi connectivity index (χ0v) is 24.1. The Balaban J connectivity index is 1.53. The van der Waals surface area contributed by atoms with E-state index >= 15 is 0 Å². The van der Waals surface area contributed by atoms with Crippen LogP contribution in [0.4, 0.5) is 5.82 Å². The largest absolute Gasteiger partial charge is 0.344 e. The topological polar surface area (TPSA) is 107 Å². The summed E-state index contributed by atoms with van der Waals surface area (Å²) in [7, 11) is 1.32. The van der Waals surface area contributed by atoms with Crippen LogP contribution in [-0.4, -0.2) is 85.2 Å². The molecule has 0 spiro atoms. The lowest BCUT2D eigenvalue weighted by molar-refractivity contribution is -0.162. The number of amides is 1.